The number of nitrogens with one attached hydrogen (secondary N) is 1. The highest BCUT2D eigenvalue weighted by Crippen LogP contribution is 2.28. The van der Waals surface area contributed by atoms with Crippen molar-refractivity contribution in [3.8, 4) is 5.75 Å². The van der Waals surface area contributed by atoms with Crippen molar-refractivity contribution in [2.75, 3.05) is 12.4 Å². The molecule has 3 aromatic rings. The van der Waals surface area contributed by atoms with Crippen molar-refractivity contribution in [1.82, 2.24) is 4.98 Å². The molecule has 0 saturated carbocycles. The lowest BCUT2D eigenvalue weighted by Crippen LogP contribution is -2.14. The van der Waals surface area contributed by atoms with Gasteiger partial charge < -0.3 is 10.1 Å². The van der Waals surface area contributed by atoms with Crippen LogP contribution >= 0.6 is 11.6 Å². The van der Waals surface area contributed by atoms with Crippen molar-refractivity contribution >= 4 is 34.0 Å². The second kappa shape index (κ2) is 6.03. The average Bonchev–Trinajstić information content (AvgIpc) is 2.54. The quantitative estimate of drug-likeness (QED) is 0.790. The largest absolute Gasteiger partial charge is 0.495 e. The zero-order valence-electron chi connectivity index (χ0n) is 11.8. The number of aromatic nitrogens is 1. The Labute approximate surface area is 132 Å². The molecular formula is C17H13ClN2O2. The summed E-state index contributed by atoms with van der Waals surface area (Å²) in [4.78, 5) is 16.6. The molecule has 1 N–H and O–H groups in total. The minimum absolute atomic E-state index is 0.314. The Kier molecular flexibility index (Phi) is 3.94. The Bertz CT molecular complexity index is 849. The zero-order valence-corrected chi connectivity index (χ0v) is 12.6. The number of amides is 1. The van der Waals surface area contributed by atoms with E-state index in [1.807, 2.05) is 24.3 Å². The van der Waals surface area contributed by atoms with E-state index in [9.17, 15) is 4.79 Å². The molecule has 1 heterocycles. The van der Waals surface area contributed by atoms with E-state index in [0.29, 0.717) is 22.2 Å². The van der Waals surface area contributed by atoms with Crippen LogP contribution < -0.4 is 10.1 Å². The van der Waals surface area contributed by atoms with Crippen LogP contribution in [0.4, 0.5) is 5.69 Å². The Morgan fingerprint density at radius 1 is 1.14 bits per heavy atom. The van der Waals surface area contributed by atoms with Crippen molar-refractivity contribution in [3.05, 3.63) is 65.4 Å². The molecule has 0 radical (unpaired) electrons. The number of carbonyl (C=O) groups excluding carboxylic acids is 1. The maximum absolute atomic E-state index is 12.4. The van der Waals surface area contributed by atoms with Crippen LogP contribution in [0.25, 0.3) is 10.8 Å². The standard InChI is InChI=1S/C17H13ClN2O2/c1-22-16-7-6-13(18)9-14(16)20-17(21)15-8-11-4-2-3-5-12(11)10-19-15/h2-10H,1H3,(H,20,21). The van der Waals surface area contributed by atoms with Gasteiger partial charge in [0.15, 0.2) is 0 Å². The van der Waals surface area contributed by atoms with Crippen LogP contribution in [0, 0.1) is 0 Å². The predicted octanol–water partition coefficient (Wildman–Crippen LogP) is 4.15. The molecule has 0 aliphatic rings. The highest BCUT2D eigenvalue weighted by Gasteiger charge is 2.12. The van der Waals surface area contributed by atoms with Crippen LogP contribution in [0.1, 0.15) is 10.5 Å². The van der Waals surface area contributed by atoms with Gasteiger partial charge in [-0.3, -0.25) is 9.78 Å². The second-order valence-corrected chi connectivity index (χ2v) is 5.15. The van der Waals surface area contributed by atoms with Crippen LogP contribution in [0.3, 0.4) is 0 Å². The fourth-order valence-corrected chi connectivity index (χ4v) is 2.34. The van der Waals surface area contributed by atoms with Gasteiger partial charge >= 0.3 is 0 Å². The van der Waals surface area contributed by atoms with Crippen LogP contribution in [0.15, 0.2) is 54.7 Å². The highest BCUT2D eigenvalue weighted by atomic mass is 35.5. The monoisotopic (exact) mass is 312 g/mol. The summed E-state index contributed by atoms with van der Waals surface area (Å²) in [5, 5.41) is 5.23. The van der Waals surface area contributed by atoms with Gasteiger partial charge in [-0.25, -0.2) is 0 Å². The SMILES string of the molecule is COc1ccc(Cl)cc1NC(=O)c1cc2ccccc2cn1. The first kappa shape index (κ1) is 14.4. The Hall–Kier alpha value is -2.59. The molecule has 2 aromatic carbocycles. The first-order chi connectivity index (χ1) is 10.7. The summed E-state index contributed by atoms with van der Waals surface area (Å²) in [6.45, 7) is 0. The number of halogens is 1. The molecule has 0 saturated heterocycles. The molecule has 22 heavy (non-hydrogen) atoms. The second-order valence-electron chi connectivity index (χ2n) is 4.72. The van der Waals surface area contributed by atoms with Gasteiger partial charge in [0.1, 0.15) is 11.4 Å². The molecule has 0 unspecified atom stereocenters. The molecular weight excluding hydrogens is 300 g/mol. The van der Waals surface area contributed by atoms with E-state index in [1.165, 1.54) is 7.11 Å². The molecule has 1 amide bonds. The molecule has 0 fully saturated rings. The van der Waals surface area contributed by atoms with Gasteiger partial charge in [-0.1, -0.05) is 35.9 Å². The molecule has 0 spiro atoms. The van der Waals surface area contributed by atoms with Gasteiger partial charge in [0, 0.05) is 16.6 Å². The van der Waals surface area contributed by atoms with Crippen LogP contribution in [-0.4, -0.2) is 18.0 Å². The lowest BCUT2D eigenvalue weighted by Gasteiger charge is -2.10. The van der Waals surface area contributed by atoms with Gasteiger partial charge in [-0.15, -0.1) is 0 Å². The summed E-state index contributed by atoms with van der Waals surface area (Å²) in [6, 6.07) is 14.5. The maximum atomic E-state index is 12.4. The maximum Gasteiger partial charge on any atom is 0.274 e. The third-order valence-corrected chi connectivity index (χ3v) is 3.51. The number of hydrogen-bond acceptors (Lipinski definition) is 3. The van der Waals surface area contributed by atoms with E-state index in [-0.39, 0.29) is 5.91 Å². The topological polar surface area (TPSA) is 51.2 Å². The number of hydrogen-bond donors (Lipinski definition) is 1. The smallest absolute Gasteiger partial charge is 0.274 e. The fraction of sp³-hybridized carbons (Fsp3) is 0.0588. The van der Waals surface area contributed by atoms with E-state index in [2.05, 4.69) is 10.3 Å². The Morgan fingerprint density at radius 3 is 2.68 bits per heavy atom. The number of methoxy groups -OCH3 is 1. The summed E-state index contributed by atoms with van der Waals surface area (Å²) in [5.41, 5.74) is 0.843. The number of fused-ring (bicyclic) bond motifs is 1. The van der Waals surface area contributed by atoms with Crippen LogP contribution in [-0.2, 0) is 0 Å². The fourth-order valence-electron chi connectivity index (χ4n) is 2.17. The molecule has 5 heteroatoms. The molecule has 3 rings (SSSR count). The molecule has 4 nitrogen and oxygen atoms in total. The normalized spacial score (nSPS) is 10.5. The predicted molar refractivity (Wildman–Crippen MR) is 87.7 cm³/mol. The lowest BCUT2D eigenvalue weighted by molar-refractivity contribution is 0.102. The summed E-state index contributed by atoms with van der Waals surface area (Å²) in [6.07, 6.45) is 1.68. The highest BCUT2D eigenvalue weighted by molar-refractivity contribution is 6.31. The number of carbonyl (C=O) groups is 1. The third kappa shape index (κ3) is 2.87. The zero-order chi connectivity index (χ0) is 15.5. The number of benzene rings is 2. The van der Waals surface area contributed by atoms with Crippen molar-refractivity contribution in [2.24, 2.45) is 0 Å². The number of anilines is 1. The number of rotatable bonds is 3. The minimum atomic E-state index is -0.314. The van der Waals surface area contributed by atoms with E-state index < -0.39 is 0 Å². The molecule has 0 atom stereocenters. The van der Waals surface area contributed by atoms with E-state index in [4.69, 9.17) is 16.3 Å². The molecule has 1 aromatic heterocycles. The number of ether oxygens (including phenoxy) is 1. The molecule has 0 aliphatic carbocycles. The summed E-state index contributed by atoms with van der Waals surface area (Å²) < 4.78 is 5.21. The summed E-state index contributed by atoms with van der Waals surface area (Å²) >= 11 is 5.96. The van der Waals surface area contributed by atoms with Crippen molar-refractivity contribution in [1.29, 1.82) is 0 Å². The molecule has 0 bridgehead atoms. The van der Waals surface area contributed by atoms with Gasteiger partial charge in [0.25, 0.3) is 5.91 Å². The van der Waals surface area contributed by atoms with Crippen LogP contribution in [0.2, 0.25) is 5.02 Å². The van der Waals surface area contributed by atoms with Crippen molar-refractivity contribution in [2.45, 2.75) is 0 Å². The summed E-state index contributed by atoms with van der Waals surface area (Å²) in [7, 11) is 1.53. The van der Waals surface area contributed by atoms with Gasteiger partial charge in [-0.05, 0) is 29.7 Å². The molecule has 0 aliphatic heterocycles. The van der Waals surface area contributed by atoms with Gasteiger partial charge in [0.05, 0.1) is 12.8 Å². The van der Waals surface area contributed by atoms with Crippen molar-refractivity contribution in [3.63, 3.8) is 0 Å². The van der Waals surface area contributed by atoms with E-state index in [0.717, 1.165) is 10.8 Å². The number of pyridine rings is 1. The van der Waals surface area contributed by atoms with E-state index in [1.54, 1.807) is 30.5 Å². The minimum Gasteiger partial charge on any atom is -0.495 e. The summed E-state index contributed by atoms with van der Waals surface area (Å²) in [5.74, 6) is 0.227. The van der Waals surface area contributed by atoms with Crippen molar-refractivity contribution < 1.29 is 9.53 Å². The first-order valence-electron chi connectivity index (χ1n) is 6.67. The van der Waals surface area contributed by atoms with Gasteiger partial charge in [-0.2, -0.15) is 0 Å². The first-order valence-corrected chi connectivity index (χ1v) is 7.05. The van der Waals surface area contributed by atoms with Gasteiger partial charge in [0.2, 0.25) is 0 Å². The lowest BCUT2D eigenvalue weighted by atomic mass is 10.1. The average molecular weight is 313 g/mol. The van der Waals surface area contributed by atoms with E-state index >= 15 is 0 Å². The Morgan fingerprint density at radius 2 is 1.91 bits per heavy atom. The number of nitrogens with zero attached hydrogens (tertiary/aromatic N) is 1. The third-order valence-electron chi connectivity index (χ3n) is 3.27. The van der Waals surface area contributed by atoms with Crippen LogP contribution in [0.5, 0.6) is 5.75 Å². The molecule has 110 valence electrons. The Balaban J connectivity index is 1.91.